The van der Waals surface area contributed by atoms with E-state index in [0.717, 1.165) is 4.90 Å². The number of anilines is 1. The Hall–Kier alpha value is -2.31. The molecule has 0 aromatic heterocycles. The van der Waals surface area contributed by atoms with Crippen LogP contribution in [0.15, 0.2) is 30.3 Å². The summed E-state index contributed by atoms with van der Waals surface area (Å²) >= 11 is 0. The number of carboxylic acid groups (broad SMARTS) is 1. The van der Waals surface area contributed by atoms with Gasteiger partial charge in [0.2, 0.25) is 0 Å². The van der Waals surface area contributed by atoms with Gasteiger partial charge in [-0.25, -0.2) is 4.79 Å². The summed E-state index contributed by atoms with van der Waals surface area (Å²) in [7, 11) is 0. The number of hydrogen-bond acceptors (Lipinski definition) is 4. The molecule has 0 heterocycles. The topological polar surface area (TPSA) is 92.9 Å². The molecule has 7 heteroatoms. The maximum absolute atomic E-state index is 10.9. The molecule has 0 radical (unpaired) electrons. The third kappa shape index (κ3) is 3.45. The van der Waals surface area contributed by atoms with Crippen molar-refractivity contribution in [3.05, 3.63) is 40.4 Å². The van der Waals surface area contributed by atoms with Crippen LogP contribution < -0.4 is 4.90 Å². The van der Waals surface area contributed by atoms with Crippen LogP contribution in [0.25, 0.3) is 0 Å². The van der Waals surface area contributed by atoms with Gasteiger partial charge in [-0.15, -0.1) is 10.1 Å². The molecular weight excluding hydrogens is 216 g/mol. The molecule has 1 amide bonds. The van der Waals surface area contributed by atoms with E-state index in [1.807, 2.05) is 0 Å². The number of hydrogen-bond donors (Lipinski definition) is 1. The van der Waals surface area contributed by atoms with Crippen LogP contribution in [-0.4, -0.2) is 29.4 Å². The van der Waals surface area contributed by atoms with E-state index in [1.54, 1.807) is 30.3 Å². The molecule has 0 saturated carbocycles. The van der Waals surface area contributed by atoms with Gasteiger partial charge in [-0.1, -0.05) is 18.2 Å². The lowest BCUT2D eigenvalue weighted by molar-refractivity contribution is -0.757. The lowest BCUT2D eigenvalue weighted by Gasteiger charge is -2.18. The van der Waals surface area contributed by atoms with Gasteiger partial charge in [0.05, 0.1) is 6.54 Å². The number of carbonyl (C=O) groups is 1. The SMILES string of the molecule is O=C(O)N(CCO[N+](=O)[O-])c1ccccc1. The molecule has 1 N–H and O–H groups in total. The van der Waals surface area contributed by atoms with E-state index >= 15 is 0 Å². The first-order chi connectivity index (χ1) is 7.61. The smallest absolute Gasteiger partial charge is 0.411 e. The van der Waals surface area contributed by atoms with E-state index in [9.17, 15) is 14.9 Å². The Morgan fingerprint density at radius 1 is 1.44 bits per heavy atom. The Balaban J connectivity index is 2.62. The molecule has 1 aromatic carbocycles. The van der Waals surface area contributed by atoms with Crippen LogP contribution in [0.4, 0.5) is 10.5 Å². The van der Waals surface area contributed by atoms with Crippen molar-refractivity contribution in [2.75, 3.05) is 18.1 Å². The second kappa shape index (κ2) is 5.54. The largest absolute Gasteiger partial charge is 0.465 e. The third-order valence-corrected chi connectivity index (χ3v) is 1.81. The molecular formula is C9H10N2O5. The van der Waals surface area contributed by atoms with Crippen LogP contribution in [0.5, 0.6) is 0 Å². The molecule has 0 spiro atoms. The molecule has 7 nitrogen and oxygen atoms in total. The highest BCUT2D eigenvalue weighted by atomic mass is 16.9. The molecule has 0 aliphatic heterocycles. The predicted octanol–water partition coefficient (Wildman–Crippen LogP) is 1.38. The minimum Gasteiger partial charge on any atom is -0.465 e. The van der Waals surface area contributed by atoms with Gasteiger partial charge in [-0.05, 0) is 12.1 Å². The lowest BCUT2D eigenvalue weighted by Crippen LogP contribution is -2.33. The number of amides is 1. The minimum absolute atomic E-state index is 0.0969. The molecule has 0 saturated heterocycles. The van der Waals surface area contributed by atoms with Crippen molar-refractivity contribution < 1.29 is 19.8 Å². The van der Waals surface area contributed by atoms with Gasteiger partial charge >= 0.3 is 6.09 Å². The second-order valence-electron chi connectivity index (χ2n) is 2.83. The first kappa shape index (κ1) is 11.8. The van der Waals surface area contributed by atoms with Gasteiger partial charge in [0.15, 0.2) is 0 Å². The molecule has 1 rings (SSSR count). The Kier molecular flexibility index (Phi) is 4.07. The van der Waals surface area contributed by atoms with Crippen molar-refractivity contribution in [2.45, 2.75) is 0 Å². The number of nitrogens with zero attached hydrogens (tertiary/aromatic N) is 2. The Bertz CT molecular complexity index is 367. The fourth-order valence-electron chi connectivity index (χ4n) is 1.15. The lowest BCUT2D eigenvalue weighted by atomic mass is 10.3. The fraction of sp³-hybridized carbons (Fsp3) is 0.222. The van der Waals surface area contributed by atoms with E-state index in [2.05, 4.69) is 4.84 Å². The highest BCUT2D eigenvalue weighted by molar-refractivity contribution is 5.85. The molecule has 0 aliphatic rings. The van der Waals surface area contributed by atoms with Gasteiger partial charge in [-0.3, -0.25) is 4.90 Å². The maximum atomic E-state index is 10.9. The Morgan fingerprint density at radius 3 is 2.56 bits per heavy atom. The zero-order valence-corrected chi connectivity index (χ0v) is 8.28. The van der Waals surface area contributed by atoms with Crippen molar-refractivity contribution in [2.24, 2.45) is 0 Å². The van der Waals surface area contributed by atoms with Gasteiger partial charge in [-0.2, -0.15) is 0 Å². The monoisotopic (exact) mass is 226 g/mol. The van der Waals surface area contributed by atoms with E-state index in [-0.39, 0.29) is 13.2 Å². The third-order valence-electron chi connectivity index (χ3n) is 1.81. The normalized spacial score (nSPS) is 9.50. The summed E-state index contributed by atoms with van der Waals surface area (Å²) in [5, 5.41) is 17.8. The quantitative estimate of drug-likeness (QED) is 0.604. The van der Waals surface area contributed by atoms with Crippen molar-refractivity contribution in [3.8, 4) is 0 Å². The highest BCUT2D eigenvalue weighted by Gasteiger charge is 2.13. The number of para-hydroxylation sites is 1. The van der Waals surface area contributed by atoms with Crippen LogP contribution >= 0.6 is 0 Å². The first-order valence-corrected chi connectivity index (χ1v) is 4.44. The average Bonchev–Trinajstić information content (AvgIpc) is 2.25. The van der Waals surface area contributed by atoms with Crippen molar-refractivity contribution >= 4 is 11.8 Å². The summed E-state index contributed by atoms with van der Waals surface area (Å²) in [6, 6.07) is 8.30. The highest BCUT2D eigenvalue weighted by Crippen LogP contribution is 2.12. The number of rotatable bonds is 5. The molecule has 0 fully saturated rings. The van der Waals surface area contributed by atoms with E-state index < -0.39 is 11.2 Å². The molecule has 16 heavy (non-hydrogen) atoms. The summed E-state index contributed by atoms with van der Waals surface area (Å²) in [6.07, 6.45) is -1.18. The average molecular weight is 226 g/mol. The van der Waals surface area contributed by atoms with Crippen LogP contribution in [0.3, 0.4) is 0 Å². The van der Waals surface area contributed by atoms with Crippen molar-refractivity contribution in [1.82, 2.24) is 0 Å². The molecule has 0 atom stereocenters. The van der Waals surface area contributed by atoms with Crippen molar-refractivity contribution in [3.63, 3.8) is 0 Å². The molecule has 0 unspecified atom stereocenters. The summed E-state index contributed by atoms with van der Waals surface area (Å²) in [5.74, 6) is 0. The van der Waals surface area contributed by atoms with E-state index in [4.69, 9.17) is 5.11 Å². The summed E-state index contributed by atoms with van der Waals surface area (Å²) in [5.41, 5.74) is 0.446. The standard InChI is InChI=1S/C9H10N2O5/c12-9(13)10(6-7-16-11(14)15)8-4-2-1-3-5-8/h1-5H,6-7H2,(H,12,13). The predicted molar refractivity (Wildman–Crippen MR) is 54.8 cm³/mol. The minimum atomic E-state index is -1.18. The zero-order chi connectivity index (χ0) is 12.0. The van der Waals surface area contributed by atoms with E-state index in [1.165, 1.54) is 0 Å². The Morgan fingerprint density at radius 2 is 2.06 bits per heavy atom. The fourth-order valence-corrected chi connectivity index (χ4v) is 1.15. The summed E-state index contributed by atoms with van der Waals surface area (Å²) in [4.78, 5) is 25.8. The molecule has 86 valence electrons. The summed E-state index contributed by atoms with van der Waals surface area (Å²) < 4.78 is 0. The van der Waals surface area contributed by atoms with Gasteiger partial charge < -0.3 is 9.94 Å². The summed E-state index contributed by atoms with van der Waals surface area (Å²) in [6.45, 7) is -0.394. The molecule has 0 bridgehead atoms. The van der Waals surface area contributed by atoms with Gasteiger partial charge in [0.25, 0.3) is 5.09 Å². The van der Waals surface area contributed by atoms with Crippen LogP contribution in [0.2, 0.25) is 0 Å². The zero-order valence-electron chi connectivity index (χ0n) is 8.28. The van der Waals surface area contributed by atoms with Gasteiger partial charge in [0, 0.05) is 5.69 Å². The second-order valence-corrected chi connectivity index (χ2v) is 2.83. The molecule has 1 aromatic rings. The number of benzene rings is 1. The van der Waals surface area contributed by atoms with Crippen LogP contribution in [0.1, 0.15) is 0 Å². The van der Waals surface area contributed by atoms with E-state index in [0.29, 0.717) is 5.69 Å². The van der Waals surface area contributed by atoms with Crippen molar-refractivity contribution in [1.29, 1.82) is 0 Å². The van der Waals surface area contributed by atoms with Gasteiger partial charge in [0.1, 0.15) is 6.61 Å². The van der Waals surface area contributed by atoms with Crippen LogP contribution in [0, 0.1) is 10.1 Å². The molecule has 0 aliphatic carbocycles. The van der Waals surface area contributed by atoms with Crippen LogP contribution in [-0.2, 0) is 4.84 Å². The maximum Gasteiger partial charge on any atom is 0.411 e. The Labute approximate surface area is 91.0 Å². The first-order valence-electron chi connectivity index (χ1n) is 4.44.